The van der Waals surface area contributed by atoms with Crippen LogP contribution in [0.15, 0.2) is 48.5 Å². The summed E-state index contributed by atoms with van der Waals surface area (Å²) in [4.78, 5) is 12.0. The van der Waals surface area contributed by atoms with Crippen molar-refractivity contribution in [2.75, 3.05) is 13.2 Å². The minimum Gasteiger partial charge on any atom is -0.494 e. The van der Waals surface area contributed by atoms with Crippen LogP contribution in [0.4, 0.5) is 0 Å². The Balaban J connectivity index is 1.69. The number of amides is 1. The SMILES string of the molecule is CCOc1ccc([C@@H](C)NC(=O)CCCOc2ccc(Cl)cc2)cc1. The highest BCUT2D eigenvalue weighted by atomic mass is 35.5. The minimum atomic E-state index is -0.0413. The molecule has 0 radical (unpaired) electrons. The molecular weight excluding hydrogens is 338 g/mol. The molecule has 25 heavy (non-hydrogen) atoms. The van der Waals surface area contributed by atoms with Gasteiger partial charge in [-0.2, -0.15) is 0 Å². The summed E-state index contributed by atoms with van der Waals surface area (Å²) in [7, 11) is 0. The number of hydrogen-bond acceptors (Lipinski definition) is 3. The van der Waals surface area contributed by atoms with Gasteiger partial charge in [-0.05, 0) is 62.2 Å². The Morgan fingerprint density at radius 1 is 1.04 bits per heavy atom. The van der Waals surface area contributed by atoms with Crippen molar-refractivity contribution in [1.29, 1.82) is 0 Å². The topological polar surface area (TPSA) is 47.6 Å². The fourth-order valence-electron chi connectivity index (χ4n) is 2.37. The number of carbonyl (C=O) groups excluding carboxylic acids is 1. The van der Waals surface area contributed by atoms with Crippen molar-refractivity contribution in [3.05, 3.63) is 59.1 Å². The third-order valence-electron chi connectivity index (χ3n) is 3.70. The van der Waals surface area contributed by atoms with Crippen LogP contribution >= 0.6 is 11.6 Å². The molecule has 0 bridgehead atoms. The van der Waals surface area contributed by atoms with Gasteiger partial charge in [-0.1, -0.05) is 23.7 Å². The van der Waals surface area contributed by atoms with Crippen molar-refractivity contribution < 1.29 is 14.3 Å². The molecular formula is C20H24ClNO3. The molecule has 0 heterocycles. The van der Waals surface area contributed by atoms with Gasteiger partial charge in [-0.25, -0.2) is 0 Å². The highest BCUT2D eigenvalue weighted by molar-refractivity contribution is 6.30. The molecule has 0 fully saturated rings. The maximum Gasteiger partial charge on any atom is 0.220 e. The smallest absolute Gasteiger partial charge is 0.220 e. The van der Waals surface area contributed by atoms with Crippen LogP contribution in [0.1, 0.15) is 38.3 Å². The normalized spacial score (nSPS) is 11.6. The van der Waals surface area contributed by atoms with Crippen molar-refractivity contribution in [2.24, 2.45) is 0 Å². The average Bonchev–Trinajstić information content (AvgIpc) is 2.61. The van der Waals surface area contributed by atoms with E-state index in [-0.39, 0.29) is 11.9 Å². The zero-order valence-corrected chi connectivity index (χ0v) is 15.4. The molecule has 2 aromatic rings. The summed E-state index contributed by atoms with van der Waals surface area (Å²) in [6, 6.07) is 14.9. The van der Waals surface area contributed by atoms with E-state index >= 15 is 0 Å². The van der Waals surface area contributed by atoms with Gasteiger partial charge >= 0.3 is 0 Å². The lowest BCUT2D eigenvalue weighted by atomic mass is 10.1. The molecule has 0 aromatic heterocycles. The predicted octanol–water partition coefficient (Wildman–Crippen LogP) is 4.78. The first-order valence-electron chi connectivity index (χ1n) is 8.49. The van der Waals surface area contributed by atoms with E-state index < -0.39 is 0 Å². The van der Waals surface area contributed by atoms with E-state index in [2.05, 4.69) is 5.32 Å². The Hall–Kier alpha value is -2.20. The van der Waals surface area contributed by atoms with Gasteiger partial charge in [-0.3, -0.25) is 4.79 Å². The maximum atomic E-state index is 12.0. The summed E-state index contributed by atoms with van der Waals surface area (Å²) in [5, 5.41) is 3.68. The van der Waals surface area contributed by atoms with E-state index in [0.717, 1.165) is 17.1 Å². The van der Waals surface area contributed by atoms with E-state index in [4.69, 9.17) is 21.1 Å². The molecule has 0 aliphatic carbocycles. The first-order valence-corrected chi connectivity index (χ1v) is 8.86. The van der Waals surface area contributed by atoms with Crippen LogP contribution in [0.2, 0.25) is 5.02 Å². The fourth-order valence-corrected chi connectivity index (χ4v) is 2.50. The molecule has 1 atom stereocenters. The van der Waals surface area contributed by atoms with Crippen LogP contribution in [0.5, 0.6) is 11.5 Å². The van der Waals surface area contributed by atoms with Crippen molar-refractivity contribution in [2.45, 2.75) is 32.7 Å². The number of hydrogen-bond donors (Lipinski definition) is 1. The van der Waals surface area contributed by atoms with Crippen LogP contribution < -0.4 is 14.8 Å². The van der Waals surface area contributed by atoms with Gasteiger partial charge < -0.3 is 14.8 Å². The molecule has 1 N–H and O–H groups in total. The van der Waals surface area contributed by atoms with Crippen molar-refractivity contribution in [3.63, 3.8) is 0 Å². The van der Waals surface area contributed by atoms with E-state index in [9.17, 15) is 4.79 Å². The van der Waals surface area contributed by atoms with Gasteiger partial charge in [0.05, 0.1) is 19.3 Å². The summed E-state index contributed by atoms with van der Waals surface area (Å²) >= 11 is 5.82. The van der Waals surface area contributed by atoms with Crippen molar-refractivity contribution in [3.8, 4) is 11.5 Å². The quantitative estimate of drug-likeness (QED) is 0.654. The van der Waals surface area contributed by atoms with Crippen LogP contribution in [-0.4, -0.2) is 19.1 Å². The highest BCUT2D eigenvalue weighted by Gasteiger charge is 2.09. The number of nitrogens with one attached hydrogen (secondary N) is 1. The second-order valence-corrected chi connectivity index (χ2v) is 6.13. The molecule has 0 spiro atoms. The summed E-state index contributed by atoms with van der Waals surface area (Å²) in [5.74, 6) is 1.61. The molecule has 0 saturated carbocycles. The minimum absolute atomic E-state index is 0.0149. The van der Waals surface area contributed by atoms with E-state index in [1.807, 2.05) is 50.2 Å². The van der Waals surface area contributed by atoms with Gasteiger partial charge in [0, 0.05) is 11.4 Å². The monoisotopic (exact) mass is 361 g/mol. The van der Waals surface area contributed by atoms with Gasteiger partial charge in [0.1, 0.15) is 11.5 Å². The molecule has 2 aromatic carbocycles. The molecule has 134 valence electrons. The lowest BCUT2D eigenvalue weighted by Crippen LogP contribution is -2.26. The summed E-state index contributed by atoms with van der Waals surface area (Å²) in [5.41, 5.74) is 1.05. The Morgan fingerprint density at radius 2 is 1.64 bits per heavy atom. The Morgan fingerprint density at radius 3 is 2.28 bits per heavy atom. The number of ether oxygens (including phenoxy) is 2. The number of rotatable bonds is 9. The second-order valence-electron chi connectivity index (χ2n) is 5.70. The van der Waals surface area contributed by atoms with Gasteiger partial charge in [-0.15, -0.1) is 0 Å². The van der Waals surface area contributed by atoms with Crippen LogP contribution in [-0.2, 0) is 4.79 Å². The second kappa shape index (κ2) is 9.94. The van der Waals surface area contributed by atoms with Crippen LogP contribution in [0, 0.1) is 0 Å². The average molecular weight is 362 g/mol. The third-order valence-corrected chi connectivity index (χ3v) is 3.95. The van der Waals surface area contributed by atoms with Gasteiger partial charge in [0.2, 0.25) is 5.91 Å². The van der Waals surface area contributed by atoms with Crippen molar-refractivity contribution >= 4 is 17.5 Å². The molecule has 0 unspecified atom stereocenters. The molecule has 4 nitrogen and oxygen atoms in total. The van der Waals surface area contributed by atoms with Gasteiger partial charge in [0.25, 0.3) is 0 Å². The van der Waals surface area contributed by atoms with E-state index in [1.165, 1.54) is 0 Å². The molecule has 0 saturated heterocycles. The molecule has 0 aliphatic heterocycles. The summed E-state index contributed by atoms with van der Waals surface area (Å²) in [6.45, 7) is 5.06. The van der Waals surface area contributed by atoms with Crippen molar-refractivity contribution in [1.82, 2.24) is 5.32 Å². The van der Waals surface area contributed by atoms with Crippen LogP contribution in [0.3, 0.4) is 0 Å². The van der Waals surface area contributed by atoms with Gasteiger partial charge in [0.15, 0.2) is 0 Å². The largest absolute Gasteiger partial charge is 0.494 e. The zero-order valence-electron chi connectivity index (χ0n) is 14.6. The van der Waals surface area contributed by atoms with E-state index in [1.54, 1.807) is 12.1 Å². The maximum absolute atomic E-state index is 12.0. The zero-order chi connectivity index (χ0) is 18.1. The lowest BCUT2D eigenvalue weighted by Gasteiger charge is -2.15. The first-order chi connectivity index (χ1) is 12.1. The number of benzene rings is 2. The molecule has 1 amide bonds. The lowest BCUT2D eigenvalue weighted by molar-refractivity contribution is -0.121. The number of carbonyl (C=O) groups is 1. The Labute approximate surface area is 154 Å². The predicted molar refractivity (Wildman–Crippen MR) is 100 cm³/mol. The Kier molecular flexibility index (Phi) is 7.61. The highest BCUT2D eigenvalue weighted by Crippen LogP contribution is 2.18. The van der Waals surface area contributed by atoms with Crippen LogP contribution in [0.25, 0.3) is 0 Å². The third kappa shape index (κ3) is 6.67. The Bertz CT molecular complexity index is 656. The van der Waals surface area contributed by atoms with E-state index in [0.29, 0.717) is 31.1 Å². The number of halogens is 1. The fraction of sp³-hybridized carbons (Fsp3) is 0.350. The standard InChI is InChI=1S/C20H24ClNO3/c1-3-24-18-10-6-16(7-11-18)15(2)22-20(23)5-4-14-25-19-12-8-17(21)9-13-19/h6-13,15H,3-5,14H2,1-2H3,(H,22,23)/t15-/m1/s1. The summed E-state index contributed by atoms with van der Waals surface area (Å²) < 4.78 is 11.0. The molecule has 2 rings (SSSR count). The first kappa shape index (κ1) is 19.1. The summed E-state index contributed by atoms with van der Waals surface area (Å²) in [6.07, 6.45) is 1.08. The molecule has 0 aliphatic rings. The molecule has 5 heteroatoms.